The van der Waals surface area contributed by atoms with E-state index in [0.29, 0.717) is 18.8 Å². The Kier molecular flexibility index (Phi) is 4.95. The predicted molar refractivity (Wildman–Crippen MR) is 101 cm³/mol. The van der Waals surface area contributed by atoms with Gasteiger partial charge in [-0.1, -0.05) is 48.5 Å². The smallest absolute Gasteiger partial charge is 0.237 e. The van der Waals surface area contributed by atoms with E-state index >= 15 is 0 Å². The van der Waals surface area contributed by atoms with Gasteiger partial charge in [0.2, 0.25) is 5.91 Å². The molecule has 0 saturated heterocycles. The number of carbonyl (C=O) groups is 1. The molecule has 3 aromatic rings. The summed E-state index contributed by atoms with van der Waals surface area (Å²) in [5, 5.41) is 5.16. The van der Waals surface area contributed by atoms with E-state index < -0.39 is 6.04 Å². The summed E-state index contributed by atoms with van der Waals surface area (Å²) >= 11 is 0. The van der Waals surface area contributed by atoms with E-state index in [4.69, 9.17) is 11.5 Å². The third-order valence-electron chi connectivity index (χ3n) is 4.33. The standard InChI is InChI=1S/C20H22N4O/c1-13-16(9-10-19(22)24-13)12-23-20(25)18(21)11-15-7-4-6-14-5-2-3-8-17(14)15/h2-10,18H,11-12,21H2,1H3,(H2,22,24)(H,23,25)/t18-/m0/s1. The number of pyridine rings is 1. The number of aromatic nitrogens is 1. The van der Waals surface area contributed by atoms with Gasteiger partial charge in [0.15, 0.2) is 0 Å². The molecule has 0 aliphatic rings. The fourth-order valence-corrected chi connectivity index (χ4v) is 2.91. The summed E-state index contributed by atoms with van der Waals surface area (Å²) in [4.78, 5) is 16.5. The highest BCUT2D eigenvalue weighted by Gasteiger charge is 2.15. The van der Waals surface area contributed by atoms with Crippen molar-refractivity contribution in [3.8, 4) is 0 Å². The van der Waals surface area contributed by atoms with E-state index in [-0.39, 0.29) is 5.91 Å². The highest BCUT2D eigenvalue weighted by atomic mass is 16.2. The average Bonchev–Trinajstić information content (AvgIpc) is 2.61. The largest absolute Gasteiger partial charge is 0.384 e. The zero-order valence-corrected chi connectivity index (χ0v) is 14.2. The lowest BCUT2D eigenvalue weighted by atomic mass is 9.99. The van der Waals surface area contributed by atoms with E-state index in [9.17, 15) is 4.79 Å². The summed E-state index contributed by atoms with van der Waals surface area (Å²) in [6, 6.07) is 17.2. The van der Waals surface area contributed by atoms with Gasteiger partial charge < -0.3 is 16.8 Å². The molecule has 1 amide bonds. The first-order valence-electron chi connectivity index (χ1n) is 8.26. The Bertz CT molecular complexity index is 902. The van der Waals surface area contributed by atoms with Crippen molar-refractivity contribution < 1.29 is 4.79 Å². The molecule has 1 aromatic heterocycles. The van der Waals surface area contributed by atoms with Crippen molar-refractivity contribution in [3.63, 3.8) is 0 Å². The maximum absolute atomic E-state index is 12.4. The Hall–Kier alpha value is -2.92. The Labute approximate surface area is 147 Å². The molecule has 0 aliphatic heterocycles. The molecule has 5 nitrogen and oxygen atoms in total. The molecule has 5 heteroatoms. The summed E-state index contributed by atoms with van der Waals surface area (Å²) in [7, 11) is 0. The number of fused-ring (bicyclic) bond motifs is 1. The Morgan fingerprint density at radius 3 is 2.64 bits per heavy atom. The molecule has 3 rings (SSSR count). The quantitative estimate of drug-likeness (QED) is 0.667. The van der Waals surface area contributed by atoms with Crippen LogP contribution in [0.5, 0.6) is 0 Å². The fourth-order valence-electron chi connectivity index (χ4n) is 2.91. The van der Waals surface area contributed by atoms with Crippen LogP contribution in [0, 0.1) is 6.92 Å². The lowest BCUT2D eigenvalue weighted by Gasteiger charge is -2.14. The van der Waals surface area contributed by atoms with Gasteiger partial charge in [-0.15, -0.1) is 0 Å². The second-order valence-corrected chi connectivity index (χ2v) is 6.15. The molecule has 0 saturated carbocycles. The molecule has 0 radical (unpaired) electrons. The molecule has 0 fully saturated rings. The van der Waals surface area contributed by atoms with Crippen molar-refractivity contribution in [2.45, 2.75) is 25.9 Å². The van der Waals surface area contributed by atoms with Crippen LogP contribution < -0.4 is 16.8 Å². The molecule has 25 heavy (non-hydrogen) atoms. The number of benzene rings is 2. The van der Waals surface area contributed by atoms with Gasteiger partial charge >= 0.3 is 0 Å². The molecule has 0 spiro atoms. The topological polar surface area (TPSA) is 94.0 Å². The lowest BCUT2D eigenvalue weighted by Crippen LogP contribution is -2.41. The van der Waals surface area contributed by atoms with Crippen LogP contribution in [0.2, 0.25) is 0 Å². The Morgan fingerprint density at radius 2 is 1.84 bits per heavy atom. The average molecular weight is 334 g/mol. The van der Waals surface area contributed by atoms with Crippen molar-refractivity contribution in [3.05, 3.63) is 71.4 Å². The number of amides is 1. The normalized spacial score (nSPS) is 12.1. The summed E-state index contributed by atoms with van der Waals surface area (Å²) in [6.07, 6.45) is 0.492. The second-order valence-electron chi connectivity index (χ2n) is 6.15. The van der Waals surface area contributed by atoms with Crippen LogP contribution in [-0.4, -0.2) is 16.9 Å². The lowest BCUT2D eigenvalue weighted by molar-refractivity contribution is -0.122. The summed E-state index contributed by atoms with van der Waals surface area (Å²) in [5.41, 5.74) is 14.6. The first-order chi connectivity index (χ1) is 12.0. The minimum Gasteiger partial charge on any atom is -0.384 e. The van der Waals surface area contributed by atoms with Gasteiger partial charge in [-0.3, -0.25) is 4.79 Å². The van der Waals surface area contributed by atoms with Crippen LogP contribution in [0.1, 0.15) is 16.8 Å². The van der Waals surface area contributed by atoms with Gasteiger partial charge in [0, 0.05) is 12.2 Å². The Balaban J connectivity index is 1.66. The summed E-state index contributed by atoms with van der Waals surface area (Å²) in [5.74, 6) is 0.296. The van der Waals surface area contributed by atoms with Crippen LogP contribution in [0.25, 0.3) is 10.8 Å². The van der Waals surface area contributed by atoms with Crippen LogP contribution in [0.15, 0.2) is 54.6 Å². The SMILES string of the molecule is Cc1nc(N)ccc1CNC(=O)[C@@H](N)Cc1cccc2ccccc12. The molecule has 5 N–H and O–H groups in total. The third-order valence-corrected chi connectivity index (χ3v) is 4.33. The minimum atomic E-state index is -0.604. The number of nitrogens with one attached hydrogen (secondary N) is 1. The number of aryl methyl sites for hydroxylation is 1. The van der Waals surface area contributed by atoms with Gasteiger partial charge in [-0.2, -0.15) is 0 Å². The van der Waals surface area contributed by atoms with Crippen molar-refractivity contribution in [2.24, 2.45) is 5.73 Å². The van der Waals surface area contributed by atoms with E-state index in [1.54, 1.807) is 6.07 Å². The highest BCUT2D eigenvalue weighted by Crippen LogP contribution is 2.19. The number of nitrogens with two attached hydrogens (primary N) is 2. The second kappa shape index (κ2) is 7.32. The molecule has 0 unspecified atom stereocenters. The third kappa shape index (κ3) is 3.95. The summed E-state index contributed by atoms with van der Waals surface area (Å²) < 4.78 is 0. The number of nitrogens with zero attached hydrogens (tertiary/aromatic N) is 1. The zero-order chi connectivity index (χ0) is 17.8. The fraction of sp³-hybridized carbons (Fsp3) is 0.200. The van der Waals surface area contributed by atoms with Crippen molar-refractivity contribution in [1.82, 2.24) is 10.3 Å². The first-order valence-corrected chi connectivity index (χ1v) is 8.26. The van der Waals surface area contributed by atoms with Crippen LogP contribution >= 0.6 is 0 Å². The molecule has 0 bridgehead atoms. The van der Waals surface area contributed by atoms with Crippen molar-refractivity contribution in [2.75, 3.05) is 5.73 Å². The molecule has 2 aromatic carbocycles. The van der Waals surface area contributed by atoms with Gasteiger partial charge in [0.05, 0.1) is 6.04 Å². The maximum atomic E-state index is 12.4. The van der Waals surface area contributed by atoms with Crippen molar-refractivity contribution in [1.29, 1.82) is 0 Å². The predicted octanol–water partition coefficient (Wildman–Crippen LogP) is 2.31. The number of hydrogen-bond acceptors (Lipinski definition) is 4. The Morgan fingerprint density at radius 1 is 1.08 bits per heavy atom. The van der Waals surface area contributed by atoms with Gasteiger partial charge in [-0.05, 0) is 41.3 Å². The number of carbonyl (C=O) groups excluding carboxylic acids is 1. The number of anilines is 1. The molecule has 128 valence electrons. The summed E-state index contributed by atoms with van der Waals surface area (Å²) in [6.45, 7) is 2.26. The minimum absolute atomic E-state index is 0.177. The van der Waals surface area contributed by atoms with Gasteiger partial charge in [0.1, 0.15) is 5.82 Å². The molecule has 1 heterocycles. The zero-order valence-electron chi connectivity index (χ0n) is 14.2. The van der Waals surface area contributed by atoms with E-state index in [2.05, 4.69) is 28.5 Å². The van der Waals surface area contributed by atoms with Crippen LogP contribution in [0.4, 0.5) is 5.82 Å². The monoisotopic (exact) mass is 334 g/mol. The van der Waals surface area contributed by atoms with Gasteiger partial charge in [-0.25, -0.2) is 4.98 Å². The van der Waals surface area contributed by atoms with Crippen LogP contribution in [0.3, 0.4) is 0 Å². The molecule has 0 aliphatic carbocycles. The molecule has 1 atom stereocenters. The molecular formula is C20H22N4O. The number of rotatable bonds is 5. The maximum Gasteiger partial charge on any atom is 0.237 e. The number of hydrogen-bond donors (Lipinski definition) is 3. The van der Waals surface area contributed by atoms with Gasteiger partial charge in [0.25, 0.3) is 0 Å². The highest BCUT2D eigenvalue weighted by molar-refractivity contribution is 5.87. The van der Waals surface area contributed by atoms with Crippen molar-refractivity contribution >= 4 is 22.5 Å². The van der Waals surface area contributed by atoms with E-state index in [1.165, 1.54) is 0 Å². The first kappa shape index (κ1) is 16.9. The van der Waals surface area contributed by atoms with E-state index in [0.717, 1.165) is 27.6 Å². The molecular weight excluding hydrogens is 312 g/mol. The van der Waals surface area contributed by atoms with Crippen LogP contribution in [-0.2, 0) is 17.8 Å². The number of nitrogen functional groups attached to an aromatic ring is 1. The van der Waals surface area contributed by atoms with E-state index in [1.807, 2.05) is 37.3 Å².